The second-order valence-corrected chi connectivity index (χ2v) is 5.64. The summed E-state index contributed by atoms with van der Waals surface area (Å²) in [5.41, 5.74) is 2.03. The third-order valence-electron chi connectivity index (χ3n) is 3.75. The summed E-state index contributed by atoms with van der Waals surface area (Å²) in [7, 11) is 2.00. The molecular formula is C20H22N4O. The number of nitrogens with one attached hydrogen (secondary N) is 1. The molecule has 1 aromatic heterocycles. The predicted molar refractivity (Wildman–Crippen MR) is 102 cm³/mol. The zero-order valence-electron chi connectivity index (χ0n) is 14.7. The van der Waals surface area contributed by atoms with E-state index in [2.05, 4.69) is 27.4 Å². The van der Waals surface area contributed by atoms with Gasteiger partial charge in [0.25, 0.3) is 0 Å². The quantitative estimate of drug-likeness (QED) is 0.708. The topological polar surface area (TPSA) is 50.3 Å². The largest absolute Gasteiger partial charge is 0.494 e. The molecule has 0 amide bonds. The number of hydrogen-bond acceptors (Lipinski definition) is 5. The zero-order chi connectivity index (χ0) is 17.6. The number of para-hydroxylation sites is 1. The molecule has 128 valence electrons. The van der Waals surface area contributed by atoms with E-state index in [4.69, 9.17) is 4.74 Å². The Hall–Kier alpha value is -3.08. The van der Waals surface area contributed by atoms with Gasteiger partial charge in [-0.3, -0.25) is 0 Å². The van der Waals surface area contributed by atoms with E-state index in [1.54, 1.807) is 0 Å². The third-order valence-corrected chi connectivity index (χ3v) is 3.75. The SMILES string of the molecule is CCOc1ccc(Nc2cc(N(C)c3ccccc3)nc(C)n2)cc1. The van der Waals surface area contributed by atoms with Crippen LogP contribution in [0, 0.1) is 6.92 Å². The van der Waals surface area contributed by atoms with E-state index in [0.29, 0.717) is 12.4 Å². The van der Waals surface area contributed by atoms with E-state index in [1.807, 2.05) is 74.3 Å². The van der Waals surface area contributed by atoms with Crippen LogP contribution in [0.25, 0.3) is 0 Å². The highest BCUT2D eigenvalue weighted by Gasteiger charge is 2.09. The molecule has 0 aliphatic rings. The lowest BCUT2D eigenvalue weighted by atomic mass is 10.3. The summed E-state index contributed by atoms with van der Waals surface area (Å²) >= 11 is 0. The van der Waals surface area contributed by atoms with Gasteiger partial charge in [-0.2, -0.15) is 0 Å². The summed E-state index contributed by atoms with van der Waals surface area (Å²) in [5.74, 6) is 3.17. The van der Waals surface area contributed by atoms with Gasteiger partial charge in [-0.25, -0.2) is 9.97 Å². The number of rotatable bonds is 6. The first-order chi connectivity index (χ1) is 12.2. The predicted octanol–water partition coefficient (Wildman–Crippen LogP) is 4.70. The lowest BCUT2D eigenvalue weighted by molar-refractivity contribution is 0.340. The van der Waals surface area contributed by atoms with Crippen molar-refractivity contribution in [2.24, 2.45) is 0 Å². The smallest absolute Gasteiger partial charge is 0.138 e. The van der Waals surface area contributed by atoms with Crippen LogP contribution in [-0.4, -0.2) is 23.6 Å². The summed E-state index contributed by atoms with van der Waals surface area (Å²) in [6.07, 6.45) is 0. The molecule has 0 atom stereocenters. The molecule has 5 heteroatoms. The Balaban J connectivity index is 1.81. The Bertz CT molecular complexity index is 819. The number of benzene rings is 2. The average molecular weight is 334 g/mol. The number of aromatic nitrogens is 2. The number of ether oxygens (including phenoxy) is 1. The molecule has 0 unspecified atom stereocenters. The lowest BCUT2D eigenvalue weighted by Gasteiger charge is -2.19. The van der Waals surface area contributed by atoms with Gasteiger partial charge in [-0.1, -0.05) is 18.2 Å². The standard InChI is InChI=1S/C20H22N4O/c1-4-25-18-12-10-16(11-13-18)23-19-14-20(22-15(2)21-19)24(3)17-8-6-5-7-9-17/h5-14H,4H2,1-3H3,(H,21,22,23). The van der Waals surface area contributed by atoms with Crippen LogP contribution in [0.1, 0.15) is 12.7 Å². The van der Waals surface area contributed by atoms with E-state index in [0.717, 1.165) is 28.8 Å². The first kappa shape index (κ1) is 16.8. The van der Waals surface area contributed by atoms with E-state index in [-0.39, 0.29) is 0 Å². The van der Waals surface area contributed by atoms with Crippen molar-refractivity contribution in [3.05, 3.63) is 66.5 Å². The van der Waals surface area contributed by atoms with Crippen molar-refractivity contribution in [2.45, 2.75) is 13.8 Å². The van der Waals surface area contributed by atoms with Gasteiger partial charge in [0.05, 0.1) is 6.61 Å². The Kier molecular flexibility index (Phi) is 5.14. The summed E-state index contributed by atoms with van der Waals surface area (Å²) in [6.45, 7) is 4.53. The van der Waals surface area contributed by atoms with E-state index in [1.165, 1.54) is 0 Å². The van der Waals surface area contributed by atoms with Gasteiger partial charge in [0, 0.05) is 24.5 Å². The molecule has 25 heavy (non-hydrogen) atoms. The monoisotopic (exact) mass is 334 g/mol. The molecule has 5 nitrogen and oxygen atoms in total. The molecule has 0 aliphatic heterocycles. The van der Waals surface area contributed by atoms with Gasteiger partial charge >= 0.3 is 0 Å². The highest BCUT2D eigenvalue weighted by Crippen LogP contribution is 2.25. The van der Waals surface area contributed by atoms with E-state index >= 15 is 0 Å². The highest BCUT2D eigenvalue weighted by atomic mass is 16.5. The first-order valence-electron chi connectivity index (χ1n) is 8.30. The fourth-order valence-electron chi connectivity index (χ4n) is 2.52. The second-order valence-electron chi connectivity index (χ2n) is 5.64. The molecular weight excluding hydrogens is 312 g/mol. The summed E-state index contributed by atoms with van der Waals surface area (Å²) in [6, 6.07) is 19.9. The van der Waals surface area contributed by atoms with E-state index < -0.39 is 0 Å². The van der Waals surface area contributed by atoms with Crippen molar-refractivity contribution in [1.82, 2.24) is 9.97 Å². The Morgan fingerprint density at radius 1 is 1.00 bits per heavy atom. The molecule has 0 radical (unpaired) electrons. The molecule has 1 heterocycles. The normalized spacial score (nSPS) is 10.4. The molecule has 3 aromatic rings. The molecule has 0 saturated heterocycles. The van der Waals surface area contributed by atoms with Gasteiger partial charge in [0.15, 0.2) is 0 Å². The van der Waals surface area contributed by atoms with Crippen molar-refractivity contribution < 1.29 is 4.74 Å². The molecule has 0 fully saturated rings. The van der Waals surface area contributed by atoms with Crippen LogP contribution >= 0.6 is 0 Å². The maximum absolute atomic E-state index is 5.47. The minimum Gasteiger partial charge on any atom is -0.494 e. The number of nitrogens with zero attached hydrogens (tertiary/aromatic N) is 3. The number of anilines is 4. The van der Waals surface area contributed by atoms with Crippen LogP contribution in [0.2, 0.25) is 0 Å². The molecule has 0 aliphatic carbocycles. The second kappa shape index (κ2) is 7.66. The van der Waals surface area contributed by atoms with Crippen LogP contribution in [0.15, 0.2) is 60.7 Å². The maximum atomic E-state index is 5.47. The lowest BCUT2D eigenvalue weighted by Crippen LogP contribution is -2.12. The maximum Gasteiger partial charge on any atom is 0.138 e. The Morgan fingerprint density at radius 2 is 1.72 bits per heavy atom. The molecule has 2 aromatic carbocycles. The average Bonchev–Trinajstić information content (AvgIpc) is 2.63. The first-order valence-corrected chi connectivity index (χ1v) is 8.30. The number of hydrogen-bond donors (Lipinski definition) is 1. The minimum absolute atomic E-state index is 0.660. The van der Waals surface area contributed by atoms with Gasteiger partial charge in [0.1, 0.15) is 23.2 Å². The minimum atomic E-state index is 0.660. The van der Waals surface area contributed by atoms with Gasteiger partial charge in [-0.05, 0) is 50.2 Å². The van der Waals surface area contributed by atoms with Crippen LogP contribution < -0.4 is 15.0 Å². The fourth-order valence-corrected chi connectivity index (χ4v) is 2.52. The van der Waals surface area contributed by atoms with Gasteiger partial charge in [-0.15, -0.1) is 0 Å². The summed E-state index contributed by atoms with van der Waals surface area (Å²) < 4.78 is 5.47. The van der Waals surface area contributed by atoms with Crippen molar-refractivity contribution >= 4 is 23.0 Å². The molecule has 1 N–H and O–H groups in total. The number of aryl methyl sites for hydroxylation is 1. The fraction of sp³-hybridized carbons (Fsp3) is 0.200. The van der Waals surface area contributed by atoms with Crippen LogP contribution in [-0.2, 0) is 0 Å². The molecule has 3 rings (SSSR count). The Morgan fingerprint density at radius 3 is 2.40 bits per heavy atom. The van der Waals surface area contributed by atoms with Crippen LogP contribution in [0.5, 0.6) is 5.75 Å². The van der Waals surface area contributed by atoms with Crippen LogP contribution in [0.3, 0.4) is 0 Å². The van der Waals surface area contributed by atoms with Crippen molar-refractivity contribution in [3.63, 3.8) is 0 Å². The third kappa shape index (κ3) is 4.26. The van der Waals surface area contributed by atoms with Crippen molar-refractivity contribution in [2.75, 3.05) is 23.9 Å². The summed E-state index contributed by atoms with van der Waals surface area (Å²) in [5, 5.41) is 3.33. The van der Waals surface area contributed by atoms with Crippen molar-refractivity contribution in [3.8, 4) is 5.75 Å². The zero-order valence-corrected chi connectivity index (χ0v) is 14.7. The highest BCUT2D eigenvalue weighted by molar-refractivity contribution is 5.65. The van der Waals surface area contributed by atoms with Gasteiger partial charge in [0.2, 0.25) is 0 Å². The van der Waals surface area contributed by atoms with Gasteiger partial charge < -0.3 is 15.0 Å². The van der Waals surface area contributed by atoms with E-state index in [9.17, 15) is 0 Å². The van der Waals surface area contributed by atoms with Crippen LogP contribution in [0.4, 0.5) is 23.0 Å². The van der Waals surface area contributed by atoms with Crippen molar-refractivity contribution in [1.29, 1.82) is 0 Å². The molecule has 0 spiro atoms. The molecule has 0 saturated carbocycles. The summed E-state index contributed by atoms with van der Waals surface area (Å²) in [4.78, 5) is 11.1. The molecule has 0 bridgehead atoms. The Labute approximate surface area is 148 Å².